The van der Waals surface area contributed by atoms with E-state index in [1.54, 1.807) is 24.3 Å². The van der Waals surface area contributed by atoms with E-state index in [1.165, 1.54) is 5.56 Å². The second kappa shape index (κ2) is 18.2. The second-order valence-electron chi connectivity index (χ2n) is 14.9. The van der Waals surface area contributed by atoms with E-state index in [0.717, 1.165) is 85.3 Å². The summed E-state index contributed by atoms with van der Waals surface area (Å²) in [5, 5.41) is 25.7. The molecule has 2 atom stereocenters. The summed E-state index contributed by atoms with van der Waals surface area (Å²) in [7, 11) is 0. The van der Waals surface area contributed by atoms with Gasteiger partial charge in [-0.05, 0) is 116 Å². The largest absolute Gasteiger partial charge is 0.493 e. The lowest BCUT2D eigenvalue weighted by Crippen LogP contribution is -2.47. The van der Waals surface area contributed by atoms with Crippen LogP contribution in [0.4, 0.5) is 4.39 Å². The van der Waals surface area contributed by atoms with Crippen LogP contribution in [0.25, 0.3) is 11.1 Å². The third kappa shape index (κ3) is 9.28. The molecule has 0 bridgehead atoms. The first-order chi connectivity index (χ1) is 27.3. The van der Waals surface area contributed by atoms with Gasteiger partial charge in [0.2, 0.25) is 5.91 Å². The average molecular weight is 776 g/mol. The monoisotopic (exact) mass is 775 g/mol. The van der Waals surface area contributed by atoms with Crippen molar-refractivity contribution in [3.05, 3.63) is 111 Å². The quantitative estimate of drug-likeness (QED) is 0.123. The van der Waals surface area contributed by atoms with E-state index in [0.29, 0.717) is 65.8 Å². The predicted molar refractivity (Wildman–Crippen MR) is 214 cm³/mol. The molecule has 2 N–H and O–H groups in total. The molecule has 0 saturated carbocycles. The number of hydrogen-bond acceptors (Lipinski definition) is 8. The molecule has 4 aromatic carbocycles. The minimum absolute atomic E-state index is 0.0292. The molecule has 1 amide bonds. The summed E-state index contributed by atoms with van der Waals surface area (Å²) < 4.78 is 32.9. The Morgan fingerprint density at radius 3 is 2.46 bits per heavy atom. The molecule has 56 heavy (non-hydrogen) atoms. The minimum atomic E-state index is -0.662. The van der Waals surface area contributed by atoms with Crippen molar-refractivity contribution in [2.24, 2.45) is 0 Å². The van der Waals surface area contributed by atoms with Crippen LogP contribution in [0, 0.1) is 29.6 Å². The SMILES string of the molecule is Cc1c(OCCCN2CCC(F)CC2)cccc1-c1cccc2c1CC[C@@H]2Oc1cc(OCc2cc(C#N)cc(C#N)c2)c(CN[C@H]2CCCNC2=O)cc1Cl. The highest BCUT2D eigenvalue weighted by molar-refractivity contribution is 6.32. The number of ether oxygens (including phenoxy) is 3. The van der Waals surface area contributed by atoms with Crippen molar-refractivity contribution in [1.82, 2.24) is 15.5 Å². The van der Waals surface area contributed by atoms with E-state index in [2.05, 4.69) is 58.9 Å². The first kappa shape index (κ1) is 39.1. The van der Waals surface area contributed by atoms with E-state index < -0.39 is 6.17 Å². The highest BCUT2D eigenvalue weighted by Crippen LogP contribution is 2.44. The highest BCUT2D eigenvalue weighted by atomic mass is 35.5. The maximum atomic E-state index is 13.5. The zero-order chi connectivity index (χ0) is 39.0. The van der Waals surface area contributed by atoms with Crippen LogP contribution in [0.5, 0.6) is 17.2 Å². The average Bonchev–Trinajstić information content (AvgIpc) is 3.63. The van der Waals surface area contributed by atoms with Crippen LogP contribution in [0.1, 0.15) is 83.6 Å². The fraction of sp³-hybridized carbons (Fsp3) is 0.400. The van der Waals surface area contributed by atoms with E-state index in [1.807, 2.05) is 18.2 Å². The number of alkyl halides is 1. The zero-order valence-corrected chi connectivity index (χ0v) is 32.5. The van der Waals surface area contributed by atoms with Gasteiger partial charge in [0, 0.05) is 44.4 Å². The molecule has 0 aromatic heterocycles. The van der Waals surface area contributed by atoms with Gasteiger partial charge in [-0.3, -0.25) is 4.79 Å². The smallest absolute Gasteiger partial charge is 0.237 e. The highest BCUT2D eigenvalue weighted by Gasteiger charge is 2.29. The molecular formula is C45H47ClFN5O4. The molecule has 0 radical (unpaired) electrons. The van der Waals surface area contributed by atoms with Gasteiger partial charge in [-0.2, -0.15) is 10.5 Å². The predicted octanol–water partition coefficient (Wildman–Crippen LogP) is 8.28. The van der Waals surface area contributed by atoms with E-state index in [9.17, 15) is 19.7 Å². The number of amides is 1. The van der Waals surface area contributed by atoms with Gasteiger partial charge in [-0.1, -0.05) is 41.9 Å². The molecule has 2 saturated heterocycles. The first-order valence-electron chi connectivity index (χ1n) is 19.6. The third-order valence-corrected chi connectivity index (χ3v) is 11.3. The Labute approximate surface area is 333 Å². The molecule has 290 valence electrons. The number of piperidine rings is 2. The van der Waals surface area contributed by atoms with Crippen LogP contribution in [0.3, 0.4) is 0 Å². The van der Waals surface area contributed by atoms with Crippen molar-refractivity contribution < 1.29 is 23.4 Å². The molecule has 11 heteroatoms. The summed E-state index contributed by atoms with van der Waals surface area (Å²) >= 11 is 6.93. The summed E-state index contributed by atoms with van der Waals surface area (Å²) in [4.78, 5) is 14.8. The molecule has 0 spiro atoms. The van der Waals surface area contributed by atoms with Gasteiger partial charge < -0.3 is 29.7 Å². The number of fused-ring (bicyclic) bond motifs is 1. The maximum Gasteiger partial charge on any atom is 0.237 e. The van der Waals surface area contributed by atoms with E-state index in [-0.39, 0.29) is 24.7 Å². The van der Waals surface area contributed by atoms with Crippen molar-refractivity contribution in [1.29, 1.82) is 10.5 Å². The van der Waals surface area contributed by atoms with Gasteiger partial charge in [0.05, 0.1) is 40.9 Å². The van der Waals surface area contributed by atoms with Gasteiger partial charge in [0.15, 0.2) is 0 Å². The van der Waals surface area contributed by atoms with Crippen LogP contribution < -0.4 is 24.8 Å². The van der Waals surface area contributed by atoms with Crippen molar-refractivity contribution >= 4 is 17.5 Å². The second-order valence-corrected chi connectivity index (χ2v) is 15.3. The first-order valence-corrected chi connectivity index (χ1v) is 20.0. The summed E-state index contributed by atoms with van der Waals surface area (Å²) in [6, 6.07) is 25.0. The fourth-order valence-electron chi connectivity index (χ4n) is 8.01. The Balaban J connectivity index is 1.08. The van der Waals surface area contributed by atoms with E-state index in [4.69, 9.17) is 25.8 Å². The van der Waals surface area contributed by atoms with Crippen LogP contribution in [-0.2, 0) is 24.4 Å². The third-order valence-electron chi connectivity index (χ3n) is 11.0. The Morgan fingerprint density at radius 2 is 1.70 bits per heavy atom. The summed E-state index contributed by atoms with van der Waals surface area (Å²) in [5.41, 5.74) is 7.91. The summed E-state index contributed by atoms with van der Waals surface area (Å²) in [6.07, 6.45) is 4.46. The van der Waals surface area contributed by atoms with Gasteiger partial charge in [0.1, 0.15) is 36.1 Å². The van der Waals surface area contributed by atoms with Crippen molar-refractivity contribution in [2.75, 3.05) is 32.8 Å². The Bertz CT molecular complexity index is 2110. The number of likely N-dealkylation sites (tertiary alicyclic amines) is 1. The van der Waals surface area contributed by atoms with Gasteiger partial charge in [-0.25, -0.2) is 4.39 Å². The molecule has 3 aliphatic rings. The molecule has 0 unspecified atom stereocenters. The van der Waals surface area contributed by atoms with Crippen molar-refractivity contribution in [3.63, 3.8) is 0 Å². The number of halogens is 2. The van der Waals surface area contributed by atoms with Crippen LogP contribution in [-0.4, -0.2) is 55.8 Å². The maximum absolute atomic E-state index is 13.5. The molecular weight excluding hydrogens is 729 g/mol. The topological polar surface area (TPSA) is 120 Å². The molecule has 9 nitrogen and oxygen atoms in total. The number of nitrogens with one attached hydrogen (secondary N) is 2. The van der Waals surface area contributed by atoms with Gasteiger partial charge in [0.25, 0.3) is 0 Å². The van der Waals surface area contributed by atoms with Crippen molar-refractivity contribution in [3.8, 4) is 40.5 Å². The molecule has 2 fully saturated rings. The number of rotatable bonds is 14. The number of carbonyl (C=O) groups excluding carboxylic acids is 1. The molecule has 2 heterocycles. The lowest BCUT2D eigenvalue weighted by Gasteiger charge is -2.28. The van der Waals surface area contributed by atoms with Crippen LogP contribution in [0.2, 0.25) is 5.02 Å². The number of benzene rings is 4. The van der Waals surface area contributed by atoms with Crippen LogP contribution >= 0.6 is 11.6 Å². The molecule has 2 aliphatic heterocycles. The Hall–Kier alpha value is -5.13. The zero-order valence-electron chi connectivity index (χ0n) is 31.7. The number of nitriles is 2. The normalized spacial score (nSPS) is 18.4. The number of nitrogens with zero attached hydrogens (tertiary/aromatic N) is 3. The lowest BCUT2D eigenvalue weighted by atomic mass is 9.93. The lowest BCUT2D eigenvalue weighted by molar-refractivity contribution is -0.124. The standard InChI is InChI=1S/C45H47ClFN5O4/c1-29-35(6-3-10-41(29)54-19-5-16-52-17-13-34(47)14-18-52)36-7-2-8-38-37(36)11-12-42(38)56-44-24-43(55-28-32-21-30(25-48)20-31(22-32)26-49)33(23-39(44)46)27-51-40-9-4-15-50-45(40)53/h2-3,6-8,10,20-24,34,40,42,51H,4-5,9,11-19,27-28H2,1H3,(H,50,53)/t40-,42-/m0/s1. The van der Waals surface area contributed by atoms with Crippen LogP contribution in [0.15, 0.2) is 66.7 Å². The Kier molecular flexibility index (Phi) is 12.7. The minimum Gasteiger partial charge on any atom is -0.493 e. The van der Waals surface area contributed by atoms with Gasteiger partial charge >= 0.3 is 0 Å². The fourth-order valence-corrected chi connectivity index (χ4v) is 8.24. The van der Waals surface area contributed by atoms with Crippen molar-refractivity contribution in [2.45, 2.75) is 83.3 Å². The molecule has 1 aliphatic carbocycles. The molecule has 4 aromatic rings. The van der Waals surface area contributed by atoms with Gasteiger partial charge in [-0.15, -0.1) is 0 Å². The molecule has 7 rings (SSSR count). The number of carbonyl (C=O) groups is 1. The number of hydrogen-bond donors (Lipinski definition) is 2. The van der Waals surface area contributed by atoms with E-state index >= 15 is 0 Å². The Morgan fingerprint density at radius 1 is 0.929 bits per heavy atom. The summed E-state index contributed by atoms with van der Waals surface area (Å²) in [6.45, 7) is 6.37. The summed E-state index contributed by atoms with van der Waals surface area (Å²) in [5.74, 6) is 1.85.